The Labute approximate surface area is 183 Å². The molecular formula is C27H28O4. The van der Waals surface area contributed by atoms with Crippen molar-refractivity contribution in [3.63, 3.8) is 0 Å². The van der Waals surface area contributed by atoms with Crippen LogP contribution in [0.25, 0.3) is 0 Å². The van der Waals surface area contributed by atoms with Crippen LogP contribution in [-0.4, -0.2) is 11.9 Å². The summed E-state index contributed by atoms with van der Waals surface area (Å²) in [6.07, 6.45) is 1.49. The van der Waals surface area contributed by atoms with Crippen molar-refractivity contribution in [2.75, 3.05) is 0 Å². The van der Waals surface area contributed by atoms with Crippen LogP contribution < -0.4 is 9.47 Å². The maximum Gasteiger partial charge on any atom is 0.343 e. The average molecular weight is 417 g/mol. The number of hydrogen-bond acceptors (Lipinski definition) is 4. The highest BCUT2D eigenvalue weighted by Gasteiger charge is 2.24. The van der Waals surface area contributed by atoms with E-state index in [0.717, 1.165) is 23.1 Å². The number of rotatable bonds is 7. The van der Waals surface area contributed by atoms with E-state index in [2.05, 4.69) is 13.8 Å². The zero-order chi connectivity index (χ0) is 22.4. The summed E-state index contributed by atoms with van der Waals surface area (Å²) in [5, 5.41) is 0. The van der Waals surface area contributed by atoms with Gasteiger partial charge in [0, 0.05) is 5.56 Å². The van der Waals surface area contributed by atoms with Crippen molar-refractivity contribution in [3.05, 3.63) is 94.5 Å². The van der Waals surface area contributed by atoms with Gasteiger partial charge in [-0.1, -0.05) is 63.2 Å². The zero-order valence-corrected chi connectivity index (χ0v) is 18.5. The van der Waals surface area contributed by atoms with Gasteiger partial charge in [-0.05, 0) is 61.1 Å². The van der Waals surface area contributed by atoms with E-state index in [-0.39, 0.29) is 0 Å². The van der Waals surface area contributed by atoms with Crippen molar-refractivity contribution >= 4 is 11.9 Å². The molecule has 0 saturated heterocycles. The summed E-state index contributed by atoms with van der Waals surface area (Å²) in [5.41, 5.74) is 3.63. The van der Waals surface area contributed by atoms with E-state index in [1.54, 1.807) is 48.5 Å². The van der Waals surface area contributed by atoms with Crippen molar-refractivity contribution in [1.82, 2.24) is 0 Å². The van der Waals surface area contributed by atoms with Gasteiger partial charge in [-0.25, -0.2) is 9.59 Å². The fourth-order valence-corrected chi connectivity index (χ4v) is 3.57. The highest BCUT2D eigenvalue weighted by atomic mass is 16.6. The van der Waals surface area contributed by atoms with Crippen molar-refractivity contribution in [2.45, 2.75) is 40.5 Å². The van der Waals surface area contributed by atoms with Crippen LogP contribution in [0.15, 0.2) is 66.7 Å². The van der Waals surface area contributed by atoms with Gasteiger partial charge in [-0.3, -0.25) is 0 Å². The van der Waals surface area contributed by atoms with Crippen molar-refractivity contribution in [1.29, 1.82) is 0 Å². The normalized spacial score (nSPS) is 10.7. The molecule has 0 fully saturated rings. The third kappa shape index (κ3) is 5.40. The Morgan fingerprint density at radius 3 is 1.74 bits per heavy atom. The Morgan fingerprint density at radius 2 is 1.29 bits per heavy atom. The lowest BCUT2D eigenvalue weighted by Gasteiger charge is -2.20. The fourth-order valence-electron chi connectivity index (χ4n) is 3.57. The fraction of sp³-hybridized carbons (Fsp3) is 0.259. The van der Waals surface area contributed by atoms with E-state index < -0.39 is 11.9 Å². The number of carbonyl (C=O) groups is 2. The Hall–Kier alpha value is -3.40. The highest BCUT2D eigenvalue weighted by Crippen LogP contribution is 2.39. The molecule has 0 amide bonds. The number of benzene rings is 3. The van der Waals surface area contributed by atoms with Gasteiger partial charge in [0.15, 0.2) is 11.5 Å². The van der Waals surface area contributed by atoms with Gasteiger partial charge in [0.1, 0.15) is 0 Å². The lowest BCUT2D eigenvalue weighted by Crippen LogP contribution is -2.16. The zero-order valence-electron chi connectivity index (χ0n) is 18.5. The second-order valence-electron chi connectivity index (χ2n) is 7.95. The molecule has 31 heavy (non-hydrogen) atoms. The lowest BCUT2D eigenvalue weighted by molar-refractivity contribution is 0.0680. The van der Waals surface area contributed by atoms with E-state index in [0.29, 0.717) is 35.0 Å². The Balaban J connectivity index is 2.07. The first-order valence-corrected chi connectivity index (χ1v) is 10.6. The second-order valence-corrected chi connectivity index (χ2v) is 7.95. The van der Waals surface area contributed by atoms with E-state index in [9.17, 15) is 9.59 Å². The monoisotopic (exact) mass is 416 g/mol. The summed E-state index contributed by atoms with van der Waals surface area (Å²) in [6.45, 7) is 8.18. The van der Waals surface area contributed by atoms with Crippen LogP contribution in [0, 0.1) is 12.8 Å². The van der Waals surface area contributed by atoms with E-state index in [4.69, 9.17) is 9.47 Å². The molecule has 0 atom stereocenters. The topological polar surface area (TPSA) is 52.6 Å². The first kappa shape index (κ1) is 22.3. The molecule has 4 heteroatoms. The quantitative estimate of drug-likeness (QED) is 0.340. The Morgan fingerprint density at radius 1 is 0.806 bits per heavy atom. The van der Waals surface area contributed by atoms with Crippen LogP contribution in [0.4, 0.5) is 0 Å². The third-order valence-electron chi connectivity index (χ3n) is 5.01. The standard InChI is InChI=1S/C27H28O4/c1-5-23-22(16-18(2)3)17-19(4)24(30-26(28)20-12-8-6-9-13-20)25(23)31-27(29)21-14-10-7-11-15-21/h6-15,17-18H,5,16H2,1-4H3. The molecule has 0 N–H and O–H groups in total. The summed E-state index contributed by atoms with van der Waals surface area (Å²) in [4.78, 5) is 25.6. The first-order valence-electron chi connectivity index (χ1n) is 10.6. The van der Waals surface area contributed by atoms with Crippen LogP contribution in [0.5, 0.6) is 11.5 Å². The predicted octanol–water partition coefficient (Wildman–Crippen LogP) is 6.19. The molecule has 3 rings (SSSR count). The maximum absolute atomic E-state index is 12.9. The number of hydrogen-bond donors (Lipinski definition) is 0. The van der Waals surface area contributed by atoms with Crippen LogP contribution in [0.2, 0.25) is 0 Å². The minimum atomic E-state index is -0.487. The second kappa shape index (κ2) is 10.1. The molecular weight excluding hydrogens is 388 g/mol. The SMILES string of the molecule is CCc1c(CC(C)C)cc(C)c(OC(=O)c2ccccc2)c1OC(=O)c1ccccc1. The molecule has 160 valence electrons. The van der Waals surface area contributed by atoms with Gasteiger partial charge in [-0.2, -0.15) is 0 Å². The maximum atomic E-state index is 12.9. The summed E-state index contributed by atoms with van der Waals surface area (Å²) >= 11 is 0. The summed E-state index contributed by atoms with van der Waals surface area (Å²) in [7, 11) is 0. The molecule has 0 unspecified atom stereocenters. The van der Waals surface area contributed by atoms with Crippen molar-refractivity contribution in [2.24, 2.45) is 5.92 Å². The number of carbonyl (C=O) groups excluding carboxylic acids is 2. The third-order valence-corrected chi connectivity index (χ3v) is 5.01. The van der Waals surface area contributed by atoms with Crippen LogP contribution in [0.1, 0.15) is 58.2 Å². The molecule has 0 aliphatic carbocycles. The smallest absolute Gasteiger partial charge is 0.343 e. The summed E-state index contributed by atoms with van der Waals surface area (Å²) in [5.74, 6) is 0.0895. The largest absolute Gasteiger partial charge is 0.419 e. The van der Waals surface area contributed by atoms with Gasteiger partial charge in [-0.15, -0.1) is 0 Å². The first-order chi connectivity index (χ1) is 14.9. The van der Waals surface area contributed by atoms with E-state index in [1.165, 1.54) is 0 Å². The Bertz CT molecular complexity index is 1050. The van der Waals surface area contributed by atoms with Crippen molar-refractivity contribution in [3.8, 4) is 11.5 Å². The minimum Gasteiger partial charge on any atom is -0.419 e. The van der Waals surface area contributed by atoms with Gasteiger partial charge in [0.2, 0.25) is 0 Å². The molecule has 4 nitrogen and oxygen atoms in total. The number of aryl methyl sites for hydroxylation is 1. The van der Waals surface area contributed by atoms with Gasteiger partial charge in [0.05, 0.1) is 11.1 Å². The number of ether oxygens (including phenoxy) is 2. The van der Waals surface area contributed by atoms with Gasteiger partial charge >= 0.3 is 11.9 Å². The average Bonchev–Trinajstić information content (AvgIpc) is 2.77. The summed E-state index contributed by atoms with van der Waals surface area (Å²) < 4.78 is 11.7. The predicted molar refractivity (Wildman–Crippen MR) is 122 cm³/mol. The molecule has 0 radical (unpaired) electrons. The highest BCUT2D eigenvalue weighted by molar-refractivity contribution is 5.93. The van der Waals surface area contributed by atoms with Gasteiger partial charge in [0.25, 0.3) is 0 Å². The molecule has 0 spiro atoms. The van der Waals surface area contributed by atoms with Crippen LogP contribution >= 0.6 is 0 Å². The van der Waals surface area contributed by atoms with E-state index in [1.807, 2.05) is 32.0 Å². The minimum absolute atomic E-state index is 0.294. The van der Waals surface area contributed by atoms with Crippen LogP contribution in [0.3, 0.4) is 0 Å². The molecule has 0 aliphatic heterocycles. The molecule has 3 aromatic carbocycles. The molecule has 0 aliphatic rings. The van der Waals surface area contributed by atoms with Crippen LogP contribution in [-0.2, 0) is 12.8 Å². The molecule has 0 heterocycles. The molecule has 0 saturated carbocycles. The van der Waals surface area contributed by atoms with Gasteiger partial charge < -0.3 is 9.47 Å². The lowest BCUT2D eigenvalue weighted by atomic mass is 9.93. The number of esters is 2. The molecule has 0 bridgehead atoms. The summed E-state index contributed by atoms with van der Waals surface area (Å²) in [6, 6.07) is 19.6. The Kier molecular flexibility index (Phi) is 7.24. The molecule has 0 aromatic heterocycles. The van der Waals surface area contributed by atoms with E-state index >= 15 is 0 Å². The van der Waals surface area contributed by atoms with Crippen molar-refractivity contribution < 1.29 is 19.1 Å². The molecule has 3 aromatic rings.